The number of aryl methyl sites for hydroxylation is 1. The van der Waals surface area contributed by atoms with E-state index >= 15 is 0 Å². The van der Waals surface area contributed by atoms with Crippen LogP contribution in [0.25, 0.3) is 10.9 Å². The van der Waals surface area contributed by atoms with E-state index < -0.39 is 5.60 Å². The molecule has 2 aliphatic rings. The monoisotopic (exact) mass is 349 g/mol. The van der Waals surface area contributed by atoms with Crippen LogP contribution < -0.4 is 4.90 Å². The third-order valence-corrected chi connectivity index (χ3v) is 5.83. The van der Waals surface area contributed by atoms with E-state index in [0.29, 0.717) is 29.4 Å². The molecule has 0 amide bonds. The van der Waals surface area contributed by atoms with Gasteiger partial charge in [-0.1, -0.05) is 6.07 Å². The lowest BCUT2D eigenvalue weighted by atomic mass is 9.90. The zero-order valence-corrected chi connectivity index (χ0v) is 14.4. The Bertz CT molecular complexity index is 1070. The Morgan fingerprint density at radius 1 is 1.28 bits per heavy atom. The number of nitrogens with zero attached hydrogens (tertiary/aromatic N) is 3. The molecule has 5 nitrogen and oxygen atoms in total. The fourth-order valence-electron chi connectivity index (χ4n) is 3.63. The number of aliphatic imine (C=N–C) groups is 1. The number of amidine groups is 1. The molecule has 4 heterocycles. The molecule has 6 heteroatoms. The van der Waals surface area contributed by atoms with E-state index in [1.54, 1.807) is 6.20 Å². The van der Waals surface area contributed by atoms with Gasteiger partial charge in [0.05, 0.1) is 11.1 Å². The molecule has 0 spiro atoms. The number of thiophene rings is 1. The van der Waals surface area contributed by atoms with Gasteiger partial charge in [-0.2, -0.15) is 0 Å². The van der Waals surface area contributed by atoms with Crippen LogP contribution in [0.5, 0.6) is 0 Å². The standard InChI is InChI=1S/C19H15N3O2S/c1-11-9-14-16(23)19(24)6-8-22(18(19)21-17(14)25-11)13-4-5-15-12(10-13)3-2-7-20-15/h2-5,7,9-10,24H,6,8H2,1H3/t19-/m1/s1. The average molecular weight is 349 g/mol. The van der Waals surface area contributed by atoms with Crippen LogP contribution in [0.3, 0.4) is 0 Å². The van der Waals surface area contributed by atoms with Gasteiger partial charge in [0.2, 0.25) is 5.78 Å². The van der Waals surface area contributed by atoms with Gasteiger partial charge in [-0.3, -0.25) is 9.78 Å². The normalized spacial score (nSPS) is 22.1. The molecule has 1 saturated heterocycles. The number of hydrogen-bond acceptors (Lipinski definition) is 6. The highest BCUT2D eigenvalue weighted by Gasteiger charge is 2.52. The van der Waals surface area contributed by atoms with Crippen molar-refractivity contribution in [3.8, 4) is 0 Å². The summed E-state index contributed by atoms with van der Waals surface area (Å²) in [5, 5.41) is 12.8. The summed E-state index contributed by atoms with van der Waals surface area (Å²) in [4.78, 5) is 24.8. The van der Waals surface area contributed by atoms with Crippen LogP contribution in [-0.4, -0.2) is 33.9 Å². The van der Waals surface area contributed by atoms with E-state index in [-0.39, 0.29) is 5.78 Å². The predicted molar refractivity (Wildman–Crippen MR) is 99.1 cm³/mol. The Kier molecular flexibility index (Phi) is 2.93. The van der Waals surface area contributed by atoms with Crippen LogP contribution in [0.2, 0.25) is 0 Å². The lowest BCUT2D eigenvalue weighted by molar-refractivity contribution is 0.0603. The third kappa shape index (κ3) is 2.01. The van der Waals surface area contributed by atoms with Gasteiger partial charge in [0.15, 0.2) is 11.4 Å². The van der Waals surface area contributed by atoms with Gasteiger partial charge < -0.3 is 10.0 Å². The first-order chi connectivity index (χ1) is 12.1. The molecule has 0 aliphatic carbocycles. The molecular weight excluding hydrogens is 334 g/mol. The molecule has 0 bridgehead atoms. The maximum atomic E-state index is 12.9. The number of carbonyl (C=O) groups excluding carboxylic acids is 1. The molecule has 2 aromatic heterocycles. The summed E-state index contributed by atoms with van der Waals surface area (Å²) < 4.78 is 0. The van der Waals surface area contributed by atoms with Crippen LogP contribution in [-0.2, 0) is 0 Å². The number of aliphatic hydroxyl groups is 1. The summed E-state index contributed by atoms with van der Waals surface area (Å²) in [5.41, 5.74) is 0.848. The molecule has 25 heavy (non-hydrogen) atoms. The molecule has 0 saturated carbocycles. The first-order valence-electron chi connectivity index (χ1n) is 8.15. The van der Waals surface area contributed by atoms with Crippen molar-refractivity contribution in [2.24, 2.45) is 4.99 Å². The predicted octanol–water partition coefficient (Wildman–Crippen LogP) is 3.47. The number of fused-ring (bicyclic) bond motifs is 3. The second-order valence-electron chi connectivity index (χ2n) is 6.48. The van der Waals surface area contributed by atoms with Gasteiger partial charge in [-0.25, -0.2) is 4.99 Å². The molecule has 1 N–H and O–H groups in total. The summed E-state index contributed by atoms with van der Waals surface area (Å²) >= 11 is 1.49. The maximum absolute atomic E-state index is 12.9. The topological polar surface area (TPSA) is 65.8 Å². The first-order valence-corrected chi connectivity index (χ1v) is 8.97. The van der Waals surface area contributed by atoms with E-state index in [1.807, 2.05) is 48.2 Å². The molecule has 124 valence electrons. The Morgan fingerprint density at radius 2 is 2.16 bits per heavy atom. The van der Waals surface area contributed by atoms with Crippen molar-refractivity contribution >= 4 is 44.5 Å². The summed E-state index contributed by atoms with van der Waals surface area (Å²) in [6.45, 7) is 2.51. The zero-order valence-electron chi connectivity index (χ0n) is 13.6. The zero-order chi connectivity index (χ0) is 17.2. The Labute approximate surface area is 148 Å². The molecule has 3 aromatic rings. The van der Waals surface area contributed by atoms with Gasteiger partial charge in [-0.15, -0.1) is 11.3 Å². The Balaban J connectivity index is 1.66. The van der Waals surface area contributed by atoms with Crippen molar-refractivity contribution in [3.05, 3.63) is 53.0 Å². The minimum Gasteiger partial charge on any atom is -0.374 e. The number of anilines is 1. The van der Waals surface area contributed by atoms with Gasteiger partial charge in [0.25, 0.3) is 0 Å². The van der Waals surface area contributed by atoms with Crippen molar-refractivity contribution in [1.29, 1.82) is 0 Å². The van der Waals surface area contributed by atoms with Gasteiger partial charge in [0, 0.05) is 35.1 Å². The number of rotatable bonds is 1. The Hall–Kier alpha value is -2.57. The van der Waals surface area contributed by atoms with Crippen molar-refractivity contribution in [1.82, 2.24) is 4.98 Å². The van der Waals surface area contributed by atoms with Crippen LogP contribution in [0, 0.1) is 6.92 Å². The molecule has 1 fully saturated rings. The number of carbonyl (C=O) groups is 1. The third-order valence-electron chi connectivity index (χ3n) is 4.88. The fourth-order valence-corrected chi connectivity index (χ4v) is 4.51. The Morgan fingerprint density at radius 3 is 3.04 bits per heavy atom. The maximum Gasteiger partial charge on any atom is 0.205 e. The van der Waals surface area contributed by atoms with Crippen molar-refractivity contribution in [2.45, 2.75) is 18.9 Å². The molecule has 1 aromatic carbocycles. The largest absolute Gasteiger partial charge is 0.374 e. The van der Waals surface area contributed by atoms with Gasteiger partial charge in [-0.05, 0) is 37.3 Å². The second kappa shape index (κ2) is 4.97. The number of ketones is 1. The lowest BCUT2D eigenvalue weighted by Gasteiger charge is -2.28. The summed E-state index contributed by atoms with van der Waals surface area (Å²) in [6.07, 6.45) is 2.12. The summed E-state index contributed by atoms with van der Waals surface area (Å²) in [6, 6.07) is 11.7. The average Bonchev–Trinajstić information content (AvgIpc) is 3.16. The number of aromatic nitrogens is 1. The quantitative estimate of drug-likeness (QED) is 0.730. The van der Waals surface area contributed by atoms with E-state index in [4.69, 9.17) is 0 Å². The minimum atomic E-state index is -1.52. The number of pyridine rings is 1. The molecule has 5 rings (SSSR count). The van der Waals surface area contributed by atoms with Crippen molar-refractivity contribution < 1.29 is 9.90 Å². The first kappa shape index (κ1) is 14.7. The second-order valence-corrected chi connectivity index (χ2v) is 7.72. The molecule has 0 unspecified atom stereocenters. The highest BCUT2D eigenvalue weighted by Crippen LogP contribution is 2.43. The highest BCUT2D eigenvalue weighted by molar-refractivity contribution is 7.16. The molecule has 0 radical (unpaired) electrons. The van der Waals surface area contributed by atoms with Crippen LogP contribution in [0.4, 0.5) is 10.7 Å². The van der Waals surface area contributed by atoms with Crippen LogP contribution in [0.15, 0.2) is 47.6 Å². The smallest absolute Gasteiger partial charge is 0.205 e. The number of benzene rings is 1. The molecule has 2 aliphatic heterocycles. The van der Waals surface area contributed by atoms with Crippen molar-refractivity contribution in [2.75, 3.05) is 11.4 Å². The van der Waals surface area contributed by atoms with E-state index in [2.05, 4.69) is 9.98 Å². The molecule has 1 atom stereocenters. The minimum absolute atomic E-state index is 0.234. The number of Topliss-reactive ketones (excluding diaryl/α,β-unsaturated/α-hetero) is 1. The van der Waals surface area contributed by atoms with Gasteiger partial charge >= 0.3 is 0 Å². The fraction of sp³-hybridized carbons (Fsp3) is 0.211. The van der Waals surface area contributed by atoms with E-state index in [1.165, 1.54) is 11.3 Å². The highest BCUT2D eigenvalue weighted by atomic mass is 32.1. The molecular formula is C19H15N3O2S. The lowest BCUT2D eigenvalue weighted by Crippen LogP contribution is -2.48. The van der Waals surface area contributed by atoms with E-state index in [0.717, 1.165) is 21.5 Å². The van der Waals surface area contributed by atoms with Crippen LogP contribution in [0.1, 0.15) is 21.7 Å². The summed E-state index contributed by atoms with van der Waals surface area (Å²) in [5.74, 6) is 0.205. The van der Waals surface area contributed by atoms with Crippen LogP contribution >= 0.6 is 11.3 Å². The number of hydrogen-bond donors (Lipinski definition) is 1. The van der Waals surface area contributed by atoms with E-state index in [9.17, 15) is 9.90 Å². The van der Waals surface area contributed by atoms with Crippen molar-refractivity contribution in [3.63, 3.8) is 0 Å². The SMILES string of the molecule is Cc1cc2c(s1)N=C1N(c3ccc4ncccc4c3)CC[C@@]1(O)C2=O. The van der Waals surface area contributed by atoms with Gasteiger partial charge in [0.1, 0.15) is 5.00 Å². The summed E-state index contributed by atoms with van der Waals surface area (Å²) in [7, 11) is 0.